The Morgan fingerprint density at radius 3 is 2.57 bits per heavy atom. The summed E-state index contributed by atoms with van der Waals surface area (Å²) in [4.78, 5) is 31.6. The van der Waals surface area contributed by atoms with Crippen molar-refractivity contribution < 1.29 is 28.9 Å². The molecule has 6 rings (SSSR count). The lowest BCUT2D eigenvalue weighted by Gasteiger charge is -2.25. The quantitative estimate of drug-likeness (QED) is 0.239. The molecule has 1 saturated heterocycles. The molecular weight excluding hydrogens is 472 g/mol. The predicted octanol–water partition coefficient (Wildman–Crippen LogP) is 4.57. The summed E-state index contributed by atoms with van der Waals surface area (Å²) in [6.07, 6.45) is 1.79. The first-order valence-electron chi connectivity index (χ1n) is 11.9. The molecule has 1 fully saturated rings. The summed E-state index contributed by atoms with van der Waals surface area (Å²) in [6, 6.07) is 19.2. The minimum absolute atomic E-state index is 0.0277. The number of carbonyl (C=O) groups excluding carboxylic acids is 2. The van der Waals surface area contributed by atoms with E-state index in [-0.39, 0.29) is 17.9 Å². The van der Waals surface area contributed by atoms with Gasteiger partial charge < -0.3 is 29.2 Å². The van der Waals surface area contributed by atoms with Gasteiger partial charge in [0.25, 0.3) is 11.7 Å². The lowest BCUT2D eigenvalue weighted by Crippen LogP contribution is -2.29. The Bertz CT molecular complexity index is 1550. The number of Topliss-reactive ketones (excluding diaryl/α,β-unsaturated/α-hetero) is 1. The van der Waals surface area contributed by atoms with Gasteiger partial charge in [-0.25, -0.2) is 0 Å². The standard InChI is InChI=1S/C29H24N2O6/c1-35-19-9-6-17(7-10-19)16-31-26(21-15-30-22-5-3-2-4-20(21)22)25(28(33)29(31)34)27(32)18-8-11-23-24(14-18)37-13-12-36-23/h2-11,14-15,26,30,32H,12-13,16H2,1H3/b27-25+. The number of fused-ring (bicyclic) bond motifs is 2. The van der Waals surface area contributed by atoms with Gasteiger partial charge in [0.2, 0.25) is 0 Å². The zero-order valence-electron chi connectivity index (χ0n) is 20.1. The van der Waals surface area contributed by atoms with Gasteiger partial charge in [0.05, 0.1) is 18.7 Å². The van der Waals surface area contributed by atoms with Crippen molar-refractivity contribution in [1.29, 1.82) is 0 Å². The van der Waals surface area contributed by atoms with Crippen molar-refractivity contribution in [1.82, 2.24) is 9.88 Å². The molecule has 2 N–H and O–H groups in total. The zero-order chi connectivity index (χ0) is 25.5. The molecule has 3 aromatic carbocycles. The van der Waals surface area contributed by atoms with Crippen molar-refractivity contribution in [3.8, 4) is 17.2 Å². The van der Waals surface area contributed by atoms with E-state index in [1.54, 1.807) is 31.5 Å². The number of aromatic nitrogens is 1. The van der Waals surface area contributed by atoms with Crippen LogP contribution in [0.4, 0.5) is 0 Å². The molecule has 1 unspecified atom stereocenters. The number of benzene rings is 3. The van der Waals surface area contributed by atoms with E-state index < -0.39 is 17.7 Å². The van der Waals surface area contributed by atoms with Gasteiger partial charge in [-0.2, -0.15) is 0 Å². The first kappa shape index (κ1) is 22.7. The first-order valence-corrected chi connectivity index (χ1v) is 11.9. The number of amides is 1. The summed E-state index contributed by atoms with van der Waals surface area (Å²) >= 11 is 0. The number of likely N-dealkylation sites (tertiary alicyclic amines) is 1. The average Bonchev–Trinajstić information content (AvgIpc) is 3.47. The topological polar surface area (TPSA) is 101 Å². The van der Waals surface area contributed by atoms with Gasteiger partial charge in [0, 0.05) is 34.8 Å². The lowest BCUT2D eigenvalue weighted by molar-refractivity contribution is -0.140. The number of hydrogen-bond donors (Lipinski definition) is 2. The number of nitrogens with one attached hydrogen (secondary N) is 1. The molecule has 1 amide bonds. The van der Waals surface area contributed by atoms with Crippen molar-refractivity contribution >= 4 is 28.4 Å². The Hall–Kier alpha value is -4.72. The predicted molar refractivity (Wildman–Crippen MR) is 137 cm³/mol. The second-order valence-corrected chi connectivity index (χ2v) is 8.92. The van der Waals surface area contributed by atoms with Crippen molar-refractivity contribution in [2.24, 2.45) is 0 Å². The van der Waals surface area contributed by atoms with Gasteiger partial charge >= 0.3 is 0 Å². The number of methoxy groups -OCH3 is 1. The minimum Gasteiger partial charge on any atom is -0.507 e. The fourth-order valence-electron chi connectivity index (χ4n) is 4.96. The van der Waals surface area contributed by atoms with E-state index in [2.05, 4.69) is 4.98 Å². The van der Waals surface area contributed by atoms with Gasteiger partial charge in [-0.05, 0) is 42.0 Å². The highest BCUT2D eigenvalue weighted by molar-refractivity contribution is 6.46. The van der Waals surface area contributed by atoms with Crippen LogP contribution in [0.15, 0.2) is 78.5 Å². The Balaban J connectivity index is 1.49. The summed E-state index contributed by atoms with van der Waals surface area (Å²) in [6.45, 7) is 1.00. The van der Waals surface area contributed by atoms with Crippen LogP contribution in [0.2, 0.25) is 0 Å². The molecule has 2 aliphatic heterocycles. The zero-order valence-corrected chi connectivity index (χ0v) is 20.1. The summed E-state index contributed by atoms with van der Waals surface area (Å²) in [5.74, 6) is 0.0594. The fraction of sp³-hybridized carbons (Fsp3) is 0.172. The Labute approximate surface area is 212 Å². The molecular formula is C29H24N2O6. The van der Waals surface area contributed by atoms with Gasteiger partial charge in [0.1, 0.15) is 24.7 Å². The number of nitrogens with zero attached hydrogens (tertiary/aromatic N) is 1. The molecule has 0 spiro atoms. The molecule has 37 heavy (non-hydrogen) atoms. The molecule has 0 bridgehead atoms. The highest BCUT2D eigenvalue weighted by Crippen LogP contribution is 2.43. The molecule has 1 aromatic heterocycles. The second kappa shape index (κ2) is 9.05. The molecule has 2 aliphatic rings. The number of aliphatic hydroxyl groups is 1. The third kappa shape index (κ3) is 3.87. The number of hydrogen-bond acceptors (Lipinski definition) is 6. The second-order valence-electron chi connectivity index (χ2n) is 8.92. The van der Waals surface area contributed by atoms with E-state index in [0.717, 1.165) is 22.0 Å². The maximum Gasteiger partial charge on any atom is 0.295 e. The van der Waals surface area contributed by atoms with Crippen LogP contribution in [0.5, 0.6) is 17.2 Å². The summed E-state index contributed by atoms with van der Waals surface area (Å²) < 4.78 is 16.5. The maximum absolute atomic E-state index is 13.5. The van der Waals surface area contributed by atoms with Crippen LogP contribution < -0.4 is 14.2 Å². The normalized spacial score (nSPS) is 18.4. The van der Waals surface area contributed by atoms with E-state index in [9.17, 15) is 14.7 Å². The summed E-state index contributed by atoms with van der Waals surface area (Å²) in [5, 5.41) is 12.3. The van der Waals surface area contributed by atoms with Crippen molar-refractivity contribution in [2.45, 2.75) is 12.6 Å². The van der Waals surface area contributed by atoms with E-state index >= 15 is 0 Å². The van der Waals surface area contributed by atoms with E-state index in [4.69, 9.17) is 14.2 Å². The number of aromatic amines is 1. The summed E-state index contributed by atoms with van der Waals surface area (Å²) in [5.41, 5.74) is 2.82. The van der Waals surface area contributed by atoms with Crippen LogP contribution in [0.1, 0.15) is 22.7 Å². The minimum atomic E-state index is -0.800. The Morgan fingerprint density at radius 1 is 1.03 bits per heavy atom. The highest BCUT2D eigenvalue weighted by atomic mass is 16.6. The van der Waals surface area contributed by atoms with Crippen LogP contribution >= 0.6 is 0 Å². The SMILES string of the molecule is COc1ccc(CN2C(=O)C(=O)/C(=C(/O)c3ccc4c(c3)OCCO4)C2c2c[nH]c3ccccc23)cc1. The van der Waals surface area contributed by atoms with Gasteiger partial charge in [-0.1, -0.05) is 30.3 Å². The monoisotopic (exact) mass is 496 g/mol. The largest absolute Gasteiger partial charge is 0.507 e. The number of aliphatic hydroxyl groups excluding tert-OH is 1. The van der Waals surface area contributed by atoms with Crippen LogP contribution in [-0.4, -0.2) is 47.0 Å². The fourth-order valence-corrected chi connectivity index (χ4v) is 4.96. The number of ketones is 1. The summed E-state index contributed by atoms with van der Waals surface area (Å²) in [7, 11) is 1.59. The highest BCUT2D eigenvalue weighted by Gasteiger charge is 2.47. The maximum atomic E-state index is 13.5. The number of ether oxygens (including phenoxy) is 3. The van der Waals surface area contributed by atoms with Crippen LogP contribution in [0, 0.1) is 0 Å². The van der Waals surface area contributed by atoms with E-state index in [0.29, 0.717) is 36.0 Å². The molecule has 3 heterocycles. The van der Waals surface area contributed by atoms with E-state index in [1.165, 1.54) is 4.90 Å². The van der Waals surface area contributed by atoms with E-state index in [1.807, 2.05) is 48.5 Å². The third-order valence-corrected chi connectivity index (χ3v) is 6.78. The molecule has 4 aromatic rings. The third-order valence-electron chi connectivity index (χ3n) is 6.78. The molecule has 0 saturated carbocycles. The lowest BCUT2D eigenvalue weighted by atomic mass is 9.94. The van der Waals surface area contributed by atoms with Crippen molar-refractivity contribution in [3.05, 3.63) is 95.2 Å². The number of para-hydroxylation sites is 1. The number of H-pyrrole nitrogens is 1. The first-order chi connectivity index (χ1) is 18.0. The van der Waals surface area contributed by atoms with Gasteiger partial charge in [0.15, 0.2) is 11.5 Å². The average molecular weight is 497 g/mol. The van der Waals surface area contributed by atoms with Crippen LogP contribution in [0.3, 0.4) is 0 Å². The molecule has 186 valence electrons. The van der Waals surface area contributed by atoms with Gasteiger partial charge in [-0.15, -0.1) is 0 Å². The molecule has 0 radical (unpaired) electrons. The smallest absolute Gasteiger partial charge is 0.295 e. The number of carbonyl (C=O) groups is 2. The molecule has 0 aliphatic carbocycles. The van der Waals surface area contributed by atoms with Crippen LogP contribution in [0.25, 0.3) is 16.7 Å². The van der Waals surface area contributed by atoms with Gasteiger partial charge in [-0.3, -0.25) is 9.59 Å². The number of rotatable bonds is 5. The van der Waals surface area contributed by atoms with Crippen LogP contribution in [-0.2, 0) is 16.1 Å². The molecule has 8 nitrogen and oxygen atoms in total. The molecule has 8 heteroatoms. The van der Waals surface area contributed by atoms with Crippen molar-refractivity contribution in [2.75, 3.05) is 20.3 Å². The Morgan fingerprint density at radius 2 is 1.78 bits per heavy atom. The van der Waals surface area contributed by atoms with Crippen molar-refractivity contribution in [3.63, 3.8) is 0 Å². The molecule has 1 atom stereocenters. The Kier molecular flexibility index (Phi) is 5.56.